The van der Waals surface area contributed by atoms with E-state index in [2.05, 4.69) is 41.6 Å². The maximum Gasteiger partial charge on any atom is 0.193 e. The van der Waals surface area contributed by atoms with Crippen LogP contribution < -0.4 is 5.32 Å². The fraction of sp³-hybridized carbons (Fsp3) is 0.722. The highest BCUT2D eigenvalue weighted by Crippen LogP contribution is 2.21. The number of aliphatic imine (C=N–C) groups is 1. The van der Waals surface area contributed by atoms with E-state index in [0.717, 1.165) is 45.2 Å². The van der Waals surface area contributed by atoms with Crippen LogP contribution in [0.4, 0.5) is 0 Å². The third kappa shape index (κ3) is 7.80. The third-order valence-electron chi connectivity index (χ3n) is 4.25. The summed E-state index contributed by atoms with van der Waals surface area (Å²) in [5, 5.41) is 5.57. The van der Waals surface area contributed by atoms with Gasteiger partial charge in [0.1, 0.15) is 0 Å². The van der Waals surface area contributed by atoms with E-state index in [1.807, 2.05) is 11.3 Å². The van der Waals surface area contributed by atoms with Crippen molar-refractivity contribution >= 4 is 41.3 Å². The number of hydrogen-bond donors (Lipinski definition) is 1. The summed E-state index contributed by atoms with van der Waals surface area (Å²) in [5.41, 5.74) is 0. The first-order valence-corrected chi connectivity index (χ1v) is 9.75. The molecule has 5 nitrogen and oxygen atoms in total. The van der Waals surface area contributed by atoms with Crippen LogP contribution in [0.3, 0.4) is 0 Å². The summed E-state index contributed by atoms with van der Waals surface area (Å²) in [5.74, 6) is 2.09. The molecule has 1 aromatic heterocycles. The molecule has 1 aromatic rings. The van der Waals surface area contributed by atoms with Crippen LogP contribution in [0.15, 0.2) is 22.5 Å². The van der Waals surface area contributed by atoms with Gasteiger partial charge >= 0.3 is 0 Å². The van der Waals surface area contributed by atoms with Crippen LogP contribution in [0.2, 0.25) is 0 Å². The molecule has 2 rings (SSSR count). The Hall–Kier alpha value is -0.380. The van der Waals surface area contributed by atoms with E-state index in [4.69, 9.17) is 14.5 Å². The summed E-state index contributed by atoms with van der Waals surface area (Å²) in [4.78, 5) is 8.65. The number of hydrogen-bond acceptors (Lipinski definition) is 4. The number of guanidine groups is 1. The molecule has 144 valence electrons. The first kappa shape index (κ1) is 22.7. The number of methoxy groups -OCH3 is 1. The maximum absolute atomic E-state index is 5.68. The molecule has 0 spiro atoms. The van der Waals surface area contributed by atoms with Gasteiger partial charge in [0.15, 0.2) is 5.96 Å². The van der Waals surface area contributed by atoms with Gasteiger partial charge in [-0.1, -0.05) is 13.0 Å². The predicted molar refractivity (Wildman–Crippen MR) is 117 cm³/mol. The molecule has 1 aliphatic rings. The van der Waals surface area contributed by atoms with Crippen LogP contribution in [0.25, 0.3) is 0 Å². The van der Waals surface area contributed by atoms with Crippen molar-refractivity contribution in [3.63, 3.8) is 0 Å². The monoisotopic (exact) mass is 481 g/mol. The molecule has 1 saturated heterocycles. The Morgan fingerprint density at radius 2 is 2.32 bits per heavy atom. The summed E-state index contributed by atoms with van der Waals surface area (Å²) in [7, 11) is 1.71. The van der Waals surface area contributed by atoms with Gasteiger partial charge in [0.25, 0.3) is 0 Å². The molecular weight excluding hydrogens is 449 g/mol. The van der Waals surface area contributed by atoms with Crippen LogP contribution in [0, 0.1) is 5.92 Å². The second-order valence-corrected chi connectivity index (χ2v) is 7.26. The van der Waals surface area contributed by atoms with Gasteiger partial charge in [0, 0.05) is 43.5 Å². The second-order valence-electron chi connectivity index (χ2n) is 6.28. The number of nitrogens with one attached hydrogen (secondary N) is 1. The van der Waals surface area contributed by atoms with Gasteiger partial charge in [-0.2, -0.15) is 0 Å². The highest BCUT2D eigenvalue weighted by molar-refractivity contribution is 14.0. The molecule has 0 amide bonds. The van der Waals surface area contributed by atoms with E-state index in [0.29, 0.717) is 25.0 Å². The Balaban J connectivity index is 0.00000312. The number of ether oxygens (including phenoxy) is 2. The molecule has 1 N–H and O–H groups in total. The van der Waals surface area contributed by atoms with E-state index in [1.165, 1.54) is 4.88 Å². The molecule has 0 aliphatic carbocycles. The lowest BCUT2D eigenvalue weighted by molar-refractivity contribution is 0.0536. The Morgan fingerprint density at radius 3 is 3.00 bits per heavy atom. The largest absolute Gasteiger partial charge is 0.382 e. The van der Waals surface area contributed by atoms with Crippen molar-refractivity contribution in [3.05, 3.63) is 22.4 Å². The summed E-state index contributed by atoms with van der Waals surface area (Å²) in [6, 6.07) is 4.31. The van der Waals surface area contributed by atoms with E-state index >= 15 is 0 Å². The number of rotatable bonds is 9. The van der Waals surface area contributed by atoms with E-state index < -0.39 is 0 Å². The molecule has 25 heavy (non-hydrogen) atoms. The summed E-state index contributed by atoms with van der Waals surface area (Å²) >= 11 is 1.81. The van der Waals surface area contributed by atoms with Crippen molar-refractivity contribution in [3.8, 4) is 0 Å². The Labute approximate surface area is 173 Å². The molecule has 2 atom stereocenters. The molecule has 1 aliphatic heterocycles. The lowest BCUT2D eigenvalue weighted by atomic mass is 10.1. The summed E-state index contributed by atoms with van der Waals surface area (Å²) in [6.07, 6.45) is 1.16. The van der Waals surface area contributed by atoms with Crippen molar-refractivity contribution < 1.29 is 9.47 Å². The average Bonchev–Trinajstić information content (AvgIpc) is 3.27. The van der Waals surface area contributed by atoms with E-state index in [1.54, 1.807) is 7.11 Å². The standard InChI is InChI=1S/C18H31N3O2S.HI/c1-4-19-18(20-12-15(2)17-6-5-11-24-17)21-8-7-16(13-21)14-23-10-9-22-3;/h5-6,11,15-16H,4,7-10,12-14H2,1-3H3,(H,19,20);1H. The van der Waals surface area contributed by atoms with E-state index in [9.17, 15) is 0 Å². The molecule has 1 fully saturated rings. The Kier molecular flexibility index (Phi) is 11.7. The molecule has 7 heteroatoms. The highest BCUT2D eigenvalue weighted by atomic mass is 127. The molecule has 0 radical (unpaired) electrons. The van der Waals surface area contributed by atoms with Crippen LogP contribution in [0.5, 0.6) is 0 Å². The topological polar surface area (TPSA) is 46.1 Å². The first-order valence-electron chi connectivity index (χ1n) is 8.88. The Bertz CT molecular complexity index is 485. The van der Waals surface area contributed by atoms with Crippen LogP contribution in [0.1, 0.15) is 31.1 Å². The fourth-order valence-corrected chi connectivity index (χ4v) is 3.64. The molecule has 0 aromatic carbocycles. The molecular formula is C18H32IN3O2S. The zero-order chi connectivity index (χ0) is 17.2. The fourth-order valence-electron chi connectivity index (χ4n) is 2.86. The first-order chi connectivity index (χ1) is 11.7. The normalized spacial score (nSPS) is 18.9. The van der Waals surface area contributed by atoms with Crippen LogP contribution in [-0.2, 0) is 9.47 Å². The van der Waals surface area contributed by atoms with E-state index in [-0.39, 0.29) is 24.0 Å². The molecule has 2 unspecified atom stereocenters. The van der Waals surface area contributed by atoms with Crippen LogP contribution >= 0.6 is 35.3 Å². The summed E-state index contributed by atoms with van der Waals surface area (Å²) in [6.45, 7) is 10.3. The minimum absolute atomic E-state index is 0. The van der Waals surface area contributed by atoms with Gasteiger partial charge in [-0.3, -0.25) is 4.99 Å². The number of halogens is 1. The minimum atomic E-state index is 0. The average molecular weight is 481 g/mol. The summed E-state index contributed by atoms with van der Waals surface area (Å²) < 4.78 is 10.7. The van der Waals surface area contributed by atoms with Gasteiger partial charge in [0.2, 0.25) is 0 Å². The SMILES string of the molecule is CCNC(=NCC(C)c1cccs1)N1CCC(COCCOC)C1.I. The third-order valence-corrected chi connectivity index (χ3v) is 5.35. The van der Waals surface area contributed by atoms with Gasteiger partial charge in [-0.15, -0.1) is 35.3 Å². The molecule has 0 saturated carbocycles. The molecule has 0 bridgehead atoms. The van der Waals surface area contributed by atoms with Crippen molar-refractivity contribution in [2.24, 2.45) is 10.9 Å². The van der Waals surface area contributed by atoms with Crippen molar-refractivity contribution in [1.82, 2.24) is 10.2 Å². The number of thiophene rings is 1. The van der Waals surface area contributed by atoms with Crippen molar-refractivity contribution in [2.75, 3.05) is 53.1 Å². The number of likely N-dealkylation sites (tertiary alicyclic amines) is 1. The quantitative estimate of drug-likeness (QED) is 0.254. The predicted octanol–water partition coefficient (Wildman–Crippen LogP) is 3.42. The van der Waals surface area contributed by atoms with Gasteiger partial charge in [0.05, 0.1) is 26.4 Å². The lowest BCUT2D eigenvalue weighted by Crippen LogP contribution is -2.40. The van der Waals surface area contributed by atoms with Gasteiger partial charge < -0.3 is 19.7 Å². The zero-order valence-corrected chi connectivity index (χ0v) is 18.7. The second kappa shape index (κ2) is 12.9. The number of nitrogens with zero attached hydrogens (tertiary/aromatic N) is 2. The van der Waals surface area contributed by atoms with Crippen molar-refractivity contribution in [2.45, 2.75) is 26.2 Å². The highest BCUT2D eigenvalue weighted by Gasteiger charge is 2.25. The molecule has 2 heterocycles. The Morgan fingerprint density at radius 1 is 1.48 bits per heavy atom. The smallest absolute Gasteiger partial charge is 0.193 e. The van der Waals surface area contributed by atoms with Crippen LogP contribution in [-0.4, -0.2) is 64.0 Å². The lowest BCUT2D eigenvalue weighted by Gasteiger charge is -2.22. The van der Waals surface area contributed by atoms with Gasteiger partial charge in [-0.25, -0.2) is 0 Å². The zero-order valence-electron chi connectivity index (χ0n) is 15.6. The maximum atomic E-state index is 5.68. The van der Waals surface area contributed by atoms with Gasteiger partial charge in [-0.05, 0) is 24.8 Å². The minimum Gasteiger partial charge on any atom is -0.382 e. The van der Waals surface area contributed by atoms with Crippen molar-refractivity contribution in [1.29, 1.82) is 0 Å².